The molecule has 9 heteroatoms. The lowest BCUT2D eigenvalue weighted by molar-refractivity contribution is -0.122. The summed E-state index contributed by atoms with van der Waals surface area (Å²) in [6.07, 6.45) is 0.0944. The number of hydrogen-bond donors (Lipinski definition) is 1. The third kappa shape index (κ3) is 3.42. The molecule has 2 aliphatic rings. The molecule has 0 radical (unpaired) electrons. The lowest BCUT2D eigenvalue weighted by Gasteiger charge is -2.17. The van der Waals surface area contributed by atoms with Crippen LogP contribution in [0.15, 0.2) is 18.2 Å². The fourth-order valence-electron chi connectivity index (χ4n) is 3.46. The van der Waals surface area contributed by atoms with Gasteiger partial charge in [0.15, 0.2) is 11.5 Å². The lowest BCUT2D eigenvalue weighted by atomic mass is 10.1. The van der Waals surface area contributed by atoms with Gasteiger partial charge in [0.2, 0.25) is 18.6 Å². The summed E-state index contributed by atoms with van der Waals surface area (Å²) >= 11 is 1.32. The van der Waals surface area contributed by atoms with E-state index in [4.69, 9.17) is 14.2 Å². The molecule has 4 rings (SSSR count). The van der Waals surface area contributed by atoms with Crippen LogP contribution >= 0.6 is 11.3 Å². The Morgan fingerprint density at radius 3 is 2.76 bits per heavy atom. The molecule has 1 N–H and O–H groups in total. The number of rotatable bonds is 4. The third-order valence-corrected chi connectivity index (χ3v) is 6.30. The van der Waals surface area contributed by atoms with Gasteiger partial charge in [0.05, 0.1) is 18.6 Å². The van der Waals surface area contributed by atoms with Crippen LogP contribution in [0.25, 0.3) is 0 Å². The Labute approximate surface area is 171 Å². The highest BCUT2D eigenvalue weighted by atomic mass is 32.1. The van der Waals surface area contributed by atoms with E-state index < -0.39 is 11.9 Å². The summed E-state index contributed by atoms with van der Waals surface area (Å²) in [5.74, 6) is -0.250. The number of hydrogen-bond acceptors (Lipinski definition) is 7. The second kappa shape index (κ2) is 7.40. The highest BCUT2D eigenvalue weighted by Gasteiger charge is 2.36. The van der Waals surface area contributed by atoms with Gasteiger partial charge in [0, 0.05) is 29.6 Å². The molecule has 0 bridgehead atoms. The van der Waals surface area contributed by atoms with Crippen molar-refractivity contribution in [3.05, 3.63) is 34.2 Å². The maximum atomic E-state index is 12.8. The second-order valence-electron chi connectivity index (χ2n) is 6.91. The number of benzene rings is 1. The number of aryl methyl sites for hydroxylation is 1. The number of carbonyl (C=O) groups is 3. The second-order valence-corrected chi connectivity index (χ2v) is 8.14. The highest BCUT2D eigenvalue weighted by Crippen LogP contribution is 2.38. The van der Waals surface area contributed by atoms with Gasteiger partial charge in [-0.2, -0.15) is 0 Å². The topological polar surface area (TPSA) is 94.2 Å². The van der Waals surface area contributed by atoms with Crippen LogP contribution in [0.5, 0.6) is 11.5 Å². The number of methoxy groups -OCH3 is 1. The molecule has 3 heterocycles. The van der Waals surface area contributed by atoms with E-state index in [2.05, 4.69) is 5.32 Å². The van der Waals surface area contributed by atoms with E-state index in [1.165, 1.54) is 18.4 Å². The molecule has 152 valence electrons. The number of nitrogens with one attached hydrogen (secondary N) is 1. The van der Waals surface area contributed by atoms with Crippen LogP contribution in [-0.2, 0) is 14.3 Å². The molecule has 0 aliphatic carbocycles. The molecule has 0 spiro atoms. The SMILES string of the molecule is COC(=O)c1c(NC(=O)C2CC(=O)N(c3ccc4c(c3)OCO4)C2)sc(C)c1C. The molecule has 2 aliphatic heterocycles. The normalized spacial score (nSPS) is 17.6. The zero-order chi connectivity index (χ0) is 20.7. The van der Waals surface area contributed by atoms with Crippen molar-refractivity contribution >= 4 is 39.8 Å². The van der Waals surface area contributed by atoms with Crippen molar-refractivity contribution in [1.29, 1.82) is 0 Å². The average Bonchev–Trinajstić information content (AvgIpc) is 3.39. The van der Waals surface area contributed by atoms with E-state index in [1.54, 1.807) is 23.1 Å². The number of nitrogens with zero attached hydrogens (tertiary/aromatic N) is 1. The number of fused-ring (bicyclic) bond motifs is 1. The van der Waals surface area contributed by atoms with Crippen molar-refractivity contribution in [2.24, 2.45) is 5.92 Å². The van der Waals surface area contributed by atoms with Crippen LogP contribution in [-0.4, -0.2) is 38.2 Å². The fraction of sp³-hybridized carbons (Fsp3) is 0.350. The molecule has 2 aromatic rings. The summed E-state index contributed by atoms with van der Waals surface area (Å²) in [6.45, 7) is 4.10. The van der Waals surface area contributed by atoms with Crippen LogP contribution in [0.1, 0.15) is 27.2 Å². The van der Waals surface area contributed by atoms with E-state index in [0.29, 0.717) is 27.8 Å². The smallest absolute Gasteiger partial charge is 0.341 e. The Balaban J connectivity index is 1.51. The maximum Gasteiger partial charge on any atom is 0.341 e. The van der Waals surface area contributed by atoms with Crippen LogP contribution in [0, 0.1) is 19.8 Å². The van der Waals surface area contributed by atoms with E-state index >= 15 is 0 Å². The fourth-order valence-corrected chi connectivity index (χ4v) is 4.51. The first-order chi connectivity index (χ1) is 13.9. The van der Waals surface area contributed by atoms with Gasteiger partial charge in [-0.3, -0.25) is 9.59 Å². The van der Waals surface area contributed by atoms with Crippen molar-refractivity contribution in [2.75, 3.05) is 30.7 Å². The van der Waals surface area contributed by atoms with Crippen LogP contribution in [0.2, 0.25) is 0 Å². The van der Waals surface area contributed by atoms with Gasteiger partial charge in [0.1, 0.15) is 5.00 Å². The Morgan fingerprint density at radius 2 is 2.00 bits per heavy atom. The third-order valence-electron chi connectivity index (χ3n) is 5.18. The largest absolute Gasteiger partial charge is 0.465 e. The van der Waals surface area contributed by atoms with Crippen molar-refractivity contribution in [2.45, 2.75) is 20.3 Å². The first-order valence-electron chi connectivity index (χ1n) is 9.08. The van der Waals surface area contributed by atoms with Crippen molar-refractivity contribution in [3.8, 4) is 11.5 Å². The van der Waals surface area contributed by atoms with Crippen LogP contribution in [0.3, 0.4) is 0 Å². The van der Waals surface area contributed by atoms with Gasteiger partial charge in [-0.1, -0.05) is 0 Å². The summed E-state index contributed by atoms with van der Waals surface area (Å²) in [5, 5.41) is 3.27. The molecule has 29 heavy (non-hydrogen) atoms. The summed E-state index contributed by atoms with van der Waals surface area (Å²) < 4.78 is 15.5. The molecule has 1 atom stereocenters. The van der Waals surface area contributed by atoms with Gasteiger partial charge < -0.3 is 24.4 Å². The molecular formula is C20H20N2O6S. The predicted molar refractivity (Wildman–Crippen MR) is 107 cm³/mol. The number of thiophene rings is 1. The minimum absolute atomic E-state index is 0.0944. The number of esters is 1. The van der Waals surface area contributed by atoms with E-state index in [-0.39, 0.29) is 31.6 Å². The minimum atomic E-state index is -0.527. The number of carbonyl (C=O) groups excluding carboxylic acids is 3. The first-order valence-corrected chi connectivity index (χ1v) is 9.90. The van der Waals surface area contributed by atoms with Gasteiger partial charge in [-0.05, 0) is 31.5 Å². The van der Waals surface area contributed by atoms with Crippen molar-refractivity contribution < 1.29 is 28.6 Å². The van der Waals surface area contributed by atoms with Gasteiger partial charge >= 0.3 is 5.97 Å². The monoisotopic (exact) mass is 416 g/mol. The Bertz CT molecular complexity index is 1010. The molecule has 8 nitrogen and oxygen atoms in total. The molecule has 1 unspecified atom stereocenters. The molecule has 1 fully saturated rings. The number of anilines is 2. The molecular weight excluding hydrogens is 396 g/mol. The summed E-state index contributed by atoms with van der Waals surface area (Å²) in [5.41, 5.74) is 1.80. The Hall–Kier alpha value is -3.07. The average molecular weight is 416 g/mol. The van der Waals surface area contributed by atoms with E-state index in [1.807, 2.05) is 13.8 Å². The first kappa shape index (κ1) is 19.3. The van der Waals surface area contributed by atoms with Crippen molar-refractivity contribution in [3.63, 3.8) is 0 Å². The molecule has 1 aromatic carbocycles. The lowest BCUT2D eigenvalue weighted by Crippen LogP contribution is -2.28. The zero-order valence-electron chi connectivity index (χ0n) is 16.2. The minimum Gasteiger partial charge on any atom is -0.465 e. The maximum absolute atomic E-state index is 12.8. The van der Waals surface area contributed by atoms with Crippen LogP contribution in [0.4, 0.5) is 10.7 Å². The van der Waals surface area contributed by atoms with Gasteiger partial charge in [0.25, 0.3) is 0 Å². The standard InChI is InChI=1S/C20H20N2O6S/c1-10-11(2)29-19(17(10)20(25)26-3)21-18(24)12-6-16(23)22(8-12)13-4-5-14-15(7-13)28-9-27-14/h4-5,7,12H,6,8-9H2,1-3H3,(H,21,24). The quantitative estimate of drug-likeness (QED) is 0.771. The Morgan fingerprint density at radius 1 is 1.24 bits per heavy atom. The van der Waals surface area contributed by atoms with Crippen molar-refractivity contribution in [1.82, 2.24) is 0 Å². The van der Waals surface area contributed by atoms with E-state index in [9.17, 15) is 14.4 Å². The van der Waals surface area contributed by atoms with E-state index in [0.717, 1.165) is 10.4 Å². The Kier molecular flexibility index (Phi) is 4.91. The number of ether oxygens (including phenoxy) is 3. The zero-order valence-corrected chi connectivity index (χ0v) is 17.1. The van der Waals surface area contributed by atoms with Crippen LogP contribution < -0.4 is 19.7 Å². The number of amides is 2. The summed E-state index contributed by atoms with van der Waals surface area (Å²) in [6, 6.07) is 5.26. The molecule has 2 amide bonds. The molecule has 1 aromatic heterocycles. The highest BCUT2D eigenvalue weighted by molar-refractivity contribution is 7.16. The van der Waals surface area contributed by atoms with Gasteiger partial charge in [-0.25, -0.2) is 4.79 Å². The molecule has 1 saturated heterocycles. The van der Waals surface area contributed by atoms with Gasteiger partial charge in [-0.15, -0.1) is 11.3 Å². The summed E-state index contributed by atoms with van der Waals surface area (Å²) in [4.78, 5) is 39.9. The summed E-state index contributed by atoms with van der Waals surface area (Å²) in [7, 11) is 1.30. The molecule has 0 saturated carbocycles. The predicted octanol–water partition coefficient (Wildman–Crippen LogP) is 2.87.